The van der Waals surface area contributed by atoms with Crippen LogP contribution in [0.15, 0.2) is 35.1 Å². The zero-order valence-electron chi connectivity index (χ0n) is 15.3. The van der Waals surface area contributed by atoms with E-state index >= 15 is 0 Å². The number of anilines is 1. The number of aromatic amines is 1. The molecule has 2 heterocycles. The molecular formula is C19H20F3N3O3. The smallest absolute Gasteiger partial charge is 0.418 e. The van der Waals surface area contributed by atoms with Gasteiger partial charge in [-0.2, -0.15) is 18.3 Å². The van der Waals surface area contributed by atoms with E-state index in [2.05, 4.69) is 10.2 Å². The topological polar surface area (TPSA) is 75.3 Å². The molecule has 1 fully saturated rings. The summed E-state index contributed by atoms with van der Waals surface area (Å²) in [5.74, 6) is -0.576. The van der Waals surface area contributed by atoms with Gasteiger partial charge in [0.15, 0.2) is 0 Å². The van der Waals surface area contributed by atoms with Crippen molar-refractivity contribution < 1.29 is 22.7 Å². The molecule has 0 radical (unpaired) electrons. The van der Waals surface area contributed by atoms with Gasteiger partial charge in [-0.25, -0.2) is 5.10 Å². The fourth-order valence-electron chi connectivity index (χ4n) is 3.32. The van der Waals surface area contributed by atoms with Gasteiger partial charge in [-0.05, 0) is 38.0 Å². The van der Waals surface area contributed by atoms with E-state index in [4.69, 9.17) is 4.74 Å². The SMILES string of the molecule is CCOC(=O)C1CCN(c2ccc(-c3ccc(=O)[nH]n3)cc2C(F)(F)F)CC1. The first-order valence-electron chi connectivity index (χ1n) is 8.98. The largest absolute Gasteiger partial charge is 0.466 e. The first kappa shape index (κ1) is 19.9. The highest BCUT2D eigenvalue weighted by atomic mass is 19.4. The van der Waals surface area contributed by atoms with E-state index in [1.54, 1.807) is 17.9 Å². The van der Waals surface area contributed by atoms with Crippen molar-refractivity contribution in [2.75, 3.05) is 24.6 Å². The van der Waals surface area contributed by atoms with E-state index in [1.165, 1.54) is 18.2 Å². The van der Waals surface area contributed by atoms with Crippen molar-refractivity contribution in [3.63, 3.8) is 0 Å². The molecule has 0 aliphatic carbocycles. The highest BCUT2D eigenvalue weighted by Crippen LogP contribution is 2.40. The Kier molecular flexibility index (Phi) is 5.71. The van der Waals surface area contributed by atoms with Crippen molar-refractivity contribution >= 4 is 11.7 Å². The Balaban J connectivity index is 1.86. The number of esters is 1. The second kappa shape index (κ2) is 8.04. The van der Waals surface area contributed by atoms with Crippen LogP contribution in [-0.4, -0.2) is 35.9 Å². The molecule has 1 aromatic carbocycles. The number of rotatable bonds is 4. The van der Waals surface area contributed by atoms with Gasteiger partial charge in [0.2, 0.25) is 0 Å². The third kappa shape index (κ3) is 4.35. The lowest BCUT2D eigenvalue weighted by atomic mass is 9.95. The Labute approximate surface area is 159 Å². The highest BCUT2D eigenvalue weighted by molar-refractivity contribution is 5.73. The van der Waals surface area contributed by atoms with Gasteiger partial charge in [0.05, 0.1) is 23.8 Å². The van der Waals surface area contributed by atoms with Crippen LogP contribution in [-0.2, 0) is 15.7 Å². The summed E-state index contributed by atoms with van der Waals surface area (Å²) in [4.78, 5) is 24.6. The molecule has 9 heteroatoms. The Morgan fingerprint density at radius 1 is 1.25 bits per heavy atom. The molecule has 1 aliphatic heterocycles. The number of H-pyrrole nitrogens is 1. The van der Waals surface area contributed by atoms with Crippen LogP contribution in [0, 0.1) is 5.92 Å². The third-order valence-corrected chi connectivity index (χ3v) is 4.73. The number of benzene rings is 1. The monoisotopic (exact) mass is 395 g/mol. The second-order valence-corrected chi connectivity index (χ2v) is 6.55. The van der Waals surface area contributed by atoms with Crippen molar-refractivity contribution in [3.8, 4) is 11.3 Å². The Morgan fingerprint density at radius 2 is 1.96 bits per heavy atom. The van der Waals surface area contributed by atoms with Crippen LogP contribution < -0.4 is 10.5 Å². The molecule has 0 spiro atoms. The summed E-state index contributed by atoms with van der Waals surface area (Å²) in [7, 11) is 0. The van der Waals surface area contributed by atoms with Crippen LogP contribution >= 0.6 is 0 Å². The van der Waals surface area contributed by atoms with Crippen LogP contribution in [0.2, 0.25) is 0 Å². The molecule has 0 atom stereocenters. The van der Waals surface area contributed by atoms with Gasteiger partial charge in [-0.3, -0.25) is 9.59 Å². The second-order valence-electron chi connectivity index (χ2n) is 6.55. The lowest BCUT2D eigenvalue weighted by Crippen LogP contribution is -2.38. The van der Waals surface area contributed by atoms with Crippen LogP contribution in [0.1, 0.15) is 25.3 Å². The number of hydrogen-bond donors (Lipinski definition) is 1. The molecule has 28 heavy (non-hydrogen) atoms. The maximum atomic E-state index is 13.7. The quantitative estimate of drug-likeness (QED) is 0.805. The summed E-state index contributed by atoms with van der Waals surface area (Å²) in [5.41, 5.74) is -0.622. The van der Waals surface area contributed by atoms with Gasteiger partial charge >= 0.3 is 12.1 Å². The number of hydrogen-bond acceptors (Lipinski definition) is 5. The summed E-state index contributed by atoms with van der Waals surface area (Å²) >= 11 is 0. The minimum atomic E-state index is -4.55. The maximum Gasteiger partial charge on any atom is 0.418 e. The number of aromatic nitrogens is 2. The molecule has 3 rings (SSSR count). The van der Waals surface area contributed by atoms with Crippen LogP contribution in [0.5, 0.6) is 0 Å². The number of carbonyl (C=O) groups excluding carboxylic acids is 1. The number of nitrogens with zero attached hydrogens (tertiary/aromatic N) is 2. The molecule has 0 bridgehead atoms. The van der Waals surface area contributed by atoms with Gasteiger partial charge in [-0.15, -0.1) is 0 Å². The molecule has 150 valence electrons. The number of carbonyl (C=O) groups is 1. The normalized spacial score (nSPS) is 15.5. The predicted molar refractivity (Wildman–Crippen MR) is 96.9 cm³/mol. The molecule has 0 unspecified atom stereocenters. The minimum Gasteiger partial charge on any atom is -0.466 e. The molecule has 1 saturated heterocycles. The summed E-state index contributed by atoms with van der Waals surface area (Å²) < 4.78 is 46.1. The maximum absolute atomic E-state index is 13.7. The molecular weight excluding hydrogens is 375 g/mol. The van der Waals surface area contributed by atoms with Crippen LogP contribution in [0.4, 0.5) is 18.9 Å². The first-order chi connectivity index (χ1) is 13.3. The van der Waals surface area contributed by atoms with Gasteiger partial charge in [0.25, 0.3) is 5.56 Å². The van der Waals surface area contributed by atoms with Crippen molar-refractivity contribution in [3.05, 3.63) is 46.2 Å². The molecule has 6 nitrogen and oxygen atoms in total. The zero-order chi connectivity index (χ0) is 20.3. The molecule has 0 amide bonds. The lowest BCUT2D eigenvalue weighted by molar-refractivity contribution is -0.148. The van der Waals surface area contributed by atoms with E-state index in [0.29, 0.717) is 25.9 Å². The predicted octanol–water partition coefficient (Wildman–Crippen LogP) is 3.24. The van der Waals surface area contributed by atoms with E-state index in [9.17, 15) is 22.8 Å². The number of nitrogens with one attached hydrogen (secondary N) is 1. The van der Waals surface area contributed by atoms with Crippen molar-refractivity contribution in [1.82, 2.24) is 10.2 Å². The van der Waals surface area contributed by atoms with Gasteiger partial charge in [0.1, 0.15) is 0 Å². The summed E-state index contributed by atoms with van der Waals surface area (Å²) in [5, 5.41) is 6.01. The Bertz CT molecular complexity index is 883. The molecule has 1 aliphatic rings. The fraction of sp³-hybridized carbons (Fsp3) is 0.421. The number of ether oxygens (including phenoxy) is 1. The van der Waals surface area contributed by atoms with Crippen molar-refractivity contribution in [2.45, 2.75) is 25.9 Å². The van der Waals surface area contributed by atoms with Gasteiger partial charge in [-0.1, -0.05) is 6.07 Å². The van der Waals surface area contributed by atoms with E-state index < -0.39 is 17.3 Å². The standard InChI is InChI=1S/C19H20F3N3O3/c1-2-28-18(27)12-7-9-25(10-8-12)16-5-3-13(11-14(16)19(20,21)22)15-4-6-17(26)24-23-15/h3-6,11-12H,2,7-10H2,1H3,(H,24,26). The average molecular weight is 395 g/mol. The van der Waals surface area contributed by atoms with Crippen LogP contribution in [0.25, 0.3) is 11.3 Å². The minimum absolute atomic E-state index is 0.0722. The number of piperidine rings is 1. The Morgan fingerprint density at radius 3 is 2.54 bits per heavy atom. The van der Waals surface area contributed by atoms with Gasteiger partial charge < -0.3 is 9.64 Å². The van der Waals surface area contributed by atoms with Crippen LogP contribution in [0.3, 0.4) is 0 Å². The summed E-state index contributed by atoms with van der Waals surface area (Å²) in [6.07, 6.45) is -3.66. The van der Waals surface area contributed by atoms with E-state index in [0.717, 1.165) is 6.07 Å². The van der Waals surface area contributed by atoms with Gasteiger partial charge in [0, 0.05) is 30.4 Å². The summed E-state index contributed by atoms with van der Waals surface area (Å²) in [6.45, 7) is 2.69. The highest BCUT2D eigenvalue weighted by Gasteiger charge is 2.36. The molecule has 1 N–H and O–H groups in total. The zero-order valence-corrected chi connectivity index (χ0v) is 15.3. The summed E-state index contributed by atoms with van der Waals surface area (Å²) in [6, 6.07) is 6.58. The fourth-order valence-corrected chi connectivity index (χ4v) is 3.32. The molecule has 1 aromatic heterocycles. The molecule has 2 aromatic rings. The van der Waals surface area contributed by atoms with E-state index in [1.807, 2.05) is 0 Å². The van der Waals surface area contributed by atoms with E-state index in [-0.39, 0.29) is 35.4 Å². The van der Waals surface area contributed by atoms with Crippen molar-refractivity contribution in [2.24, 2.45) is 5.92 Å². The number of alkyl halides is 3. The lowest BCUT2D eigenvalue weighted by Gasteiger charge is -2.34. The Hall–Kier alpha value is -2.84. The molecule has 0 saturated carbocycles. The number of halogens is 3. The third-order valence-electron chi connectivity index (χ3n) is 4.73. The average Bonchev–Trinajstić information content (AvgIpc) is 2.68. The van der Waals surface area contributed by atoms with Crippen molar-refractivity contribution in [1.29, 1.82) is 0 Å². The first-order valence-corrected chi connectivity index (χ1v) is 8.98.